The van der Waals surface area contributed by atoms with E-state index in [1.165, 1.54) is 0 Å². The minimum absolute atomic E-state index is 0.587. The highest BCUT2D eigenvalue weighted by molar-refractivity contribution is 7.83. The van der Waals surface area contributed by atoms with Crippen LogP contribution in [0.4, 0.5) is 0 Å². The van der Waals surface area contributed by atoms with Gasteiger partial charge >= 0.3 is 0 Å². The predicted octanol–water partition coefficient (Wildman–Crippen LogP) is 2.28. The molecule has 0 aliphatic heterocycles. The lowest BCUT2D eigenvalue weighted by Gasteiger charge is -1.95. The topological polar surface area (TPSA) is 26.0 Å². The van der Waals surface area contributed by atoms with Gasteiger partial charge in [0.1, 0.15) is 0 Å². The molecule has 0 aromatic carbocycles. The summed E-state index contributed by atoms with van der Waals surface area (Å²) in [6, 6.07) is 0. The van der Waals surface area contributed by atoms with Gasteiger partial charge in [0.2, 0.25) is 0 Å². The number of allylic oxidation sites excluding steroid dienone is 4. The quantitative estimate of drug-likeness (QED) is 0.490. The molecular weight excluding hydrogens is 154 g/mol. The Morgan fingerprint density at radius 3 is 2.64 bits per heavy atom. The van der Waals surface area contributed by atoms with Crippen molar-refractivity contribution in [2.24, 2.45) is 5.73 Å². The second-order valence-corrected chi connectivity index (χ2v) is 2.41. The third kappa shape index (κ3) is 5.95. The number of nitrogens with two attached hydrogens (primary N) is 1. The lowest BCUT2D eigenvalue weighted by Crippen LogP contribution is -2.01. The lowest BCUT2D eigenvalue weighted by molar-refractivity contribution is 1.07. The summed E-state index contributed by atoms with van der Waals surface area (Å²) in [5, 5.41) is 1.76. The fourth-order valence-electron chi connectivity index (χ4n) is 0.598. The Labute approximate surface area is 74.1 Å². The van der Waals surface area contributed by atoms with E-state index in [9.17, 15) is 0 Å². The maximum atomic E-state index is 5.43. The minimum atomic E-state index is 0.587. The molecule has 0 fully saturated rings. The standard InChI is InChI=1S/C9H15NS/c1-2-3-4-5-6-9(7-10)8-11/h2-5,8,11H,6-7,10H2,1H3/b3-2-,5-4-,9-8-. The normalized spacial score (nSPS) is 13.5. The molecule has 0 heterocycles. The van der Waals surface area contributed by atoms with Crippen molar-refractivity contribution in [3.8, 4) is 0 Å². The van der Waals surface area contributed by atoms with Gasteiger partial charge in [-0.25, -0.2) is 0 Å². The number of hydrogen-bond acceptors (Lipinski definition) is 2. The first-order valence-electron chi connectivity index (χ1n) is 3.65. The van der Waals surface area contributed by atoms with E-state index in [0.717, 1.165) is 12.0 Å². The van der Waals surface area contributed by atoms with Crippen molar-refractivity contribution < 1.29 is 0 Å². The zero-order chi connectivity index (χ0) is 8.53. The molecule has 0 aliphatic rings. The van der Waals surface area contributed by atoms with Crippen molar-refractivity contribution in [1.29, 1.82) is 0 Å². The van der Waals surface area contributed by atoms with Gasteiger partial charge in [0, 0.05) is 6.54 Å². The van der Waals surface area contributed by atoms with Gasteiger partial charge < -0.3 is 5.73 Å². The van der Waals surface area contributed by atoms with E-state index >= 15 is 0 Å². The summed E-state index contributed by atoms with van der Waals surface area (Å²) in [7, 11) is 0. The van der Waals surface area contributed by atoms with Crippen LogP contribution < -0.4 is 5.73 Å². The van der Waals surface area contributed by atoms with Crippen molar-refractivity contribution in [3.05, 3.63) is 35.3 Å². The van der Waals surface area contributed by atoms with Crippen LogP contribution in [-0.2, 0) is 0 Å². The van der Waals surface area contributed by atoms with E-state index in [1.807, 2.05) is 25.2 Å². The fourth-order valence-corrected chi connectivity index (χ4v) is 0.809. The van der Waals surface area contributed by atoms with E-state index in [4.69, 9.17) is 5.73 Å². The Hall–Kier alpha value is -0.470. The van der Waals surface area contributed by atoms with Crippen LogP contribution >= 0.6 is 12.6 Å². The van der Waals surface area contributed by atoms with Crippen molar-refractivity contribution in [1.82, 2.24) is 0 Å². The Bertz CT molecular complexity index is 168. The van der Waals surface area contributed by atoms with Crippen LogP contribution in [0.15, 0.2) is 35.3 Å². The lowest BCUT2D eigenvalue weighted by atomic mass is 10.2. The average Bonchev–Trinajstić information content (AvgIpc) is 2.05. The van der Waals surface area contributed by atoms with Crippen molar-refractivity contribution in [2.75, 3.05) is 6.54 Å². The van der Waals surface area contributed by atoms with Crippen LogP contribution in [0.3, 0.4) is 0 Å². The monoisotopic (exact) mass is 169 g/mol. The van der Waals surface area contributed by atoms with Gasteiger partial charge in [0.25, 0.3) is 0 Å². The molecule has 0 aliphatic carbocycles. The van der Waals surface area contributed by atoms with Crippen LogP contribution in [0.5, 0.6) is 0 Å². The van der Waals surface area contributed by atoms with Crippen LogP contribution in [0, 0.1) is 0 Å². The van der Waals surface area contributed by atoms with E-state index in [2.05, 4.69) is 18.7 Å². The molecule has 0 aromatic heterocycles. The molecule has 0 saturated carbocycles. The van der Waals surface area contributed by atoms with Gasteiger partial charge in [-0.15, -0.1) is 0 Å². The van der Waals surface area contributed by atoms with Gasteiger partial charge in [0.05, 0.1) is 0 Å². The van der Waals surface area contributed by atoms with Crippen LogP contribution in [0.1, 0.15) is 13.3 Å². The van der Waals surface area contributed by atoms with Gasteiger partial charge in [-0.05, 0) is 24.3 Å². The molecule has 11 heavy (non-hydrogen) atoms. The largest absolute Gasteiger partial charge is 0.327 e. The first kappa shape index (κ1) is 10.5. The molecule has 0 aromatic rings. The van der Waals surface area contributed by atoms with E-state index in [0.29, 0.717) is 6.54 Å². The maximum Gasteiger partial charge on any atom is 0.0148 e. The third-order valence-electron chi connectivity index (χ3n) is 1.26. The molecule has 2 heteroatoms. The smallest absolute Gasteiger partial charge is 0.0148 e. The first-order chi connectivity index (χ1) is 5.35. The molecular formula is C9H15NS. The molecule has 2 N–H and O–H groups in total. The molecule has 0 spiro atoms. The van der Waals surface area contributed by atoms with Crippen molar-refractivity contribution in [3.63, 3.8) is 0 Å². The summed E-state index contributed by atoms with van der Waals surface area (Å²) in [4.78, 5) is 0. The molecule has 0 atom stereocenters. The predicted molar refractivity (Wildman–Crippen MR) is 54.7 cm³/mol. The average molecular weight is 169 g/mol. The molecule has 0 unspecified atom stereocenters. The molecule has 1 nitrogen and oxygen atoms in total. The summed E-state index contributed by atoms with van der Waals surface area (Å²) in [6.45, 7) is 2.58. The van der Waals surface area contributed by atoms with Crippen LogP contribution in [0.25, 0.3) is 0 Å². The Morgan fingerprint density at radius 2 is 2.18 bits per heavy atom. The minimum Gasteiger partial charge on any atom is -0.327 e. The zero-order valence-electron chi connectivity index (χ0n) is 6.83. The van der Waals surface area contributed by atoms with Crippen molar-refractivity contribution in [2.45, 2.75) is 13.3 Å². The first-order valence-corrected chi connectivity index (χ1v) is 4.16. The Morgan fingerprint density at radius 1 is 1.45 bits per heavy atom. The molecule has 0 saturated heterocycles. The van der Waals surface area contributed by atoms with Gasteiger partial charge in [-0.3, -0.25) is 0 Å². The second-order valence-electron chi connectivity index (χ2n) is 2.15. The van der Waals surface area contributed by atoms with E-state index in [1.54, 1.807) is 5.41 Å². The Balaban J connectivity index is 3.68. The molecule has 0 amide bonds. The van der Waals surface area contributed by atoms with E-state index in [-0.39, 0.29) is 0 Å². The van der Waals surface area contributed by atoms with Crippen LogP contribution in [0.2, 0.25) is 0 Å². The summed E-state index contributed by atoms with van der Waals surface area (Å²) >= 11 is 4.03. The third-order valence-corrected chi connectivity index (χ3v) is 1.63. The maximum absolute atomic E-state index is 5.43. The summed E-state index contributed by atoms with van der Waals surface area (Å²) in [5.41, 5.74) is 6.58. The molecule has 62 valence electrons. The number of hydrogen-bond donors (Lipinski definition) is 2. The molecule has 0 rings (SSSR count). The van der Waals surface area contributed by atoms with Gasteiger partial charge in [-0.1, -0.05) is 24.3 Å². The van der Waals surface area contributed by atoms with Crippen molar-refractivity contribution >= 4 is 12.6 Å². The highest BCUT2D eigenvalue weighted by atomic mass is 32.1. The van der Waals surface area contributed by atoms with Gasteiger partial charge in [0.15, 0.2) is 0 Å². The summed E-state index contributed by atoms with van der Waals surface area (Å²) in [5.74, 6) is 0. The van der Waals surface area contributed by atoms with Gasteiger partial charge in [-0.2, -0.15) is 12.6 Å². The SMILES string of the molecule is C/C=C\C=C/C/C(=C/S)CN. The molecule has 0 bridgehead atoms. The van der Waals surface area contributed by atoms with E-state index < -0.39 is 0 Å². The zero-order valence-corrected chi connectivity index (χ0v) is 7.72. The molecule has 0 radical (unpaired) electrons. The second kappa shape index (κ2) is 7.63. The summed E-state index contributed by atoms with van der Waals surface area (Å²) < 4.78 is 0. The number of thiol groups is 1. The fraction of sp³-hybridized carbons (Fsp3) is 0.333. The summed E-state index contributed by atoms with van der Waals surface area (Å²) in [6.07, 6.45) is 8.95. The highest BCUT2D eigenvalue weighted by Crippen LogP contribution is 2.01. The van der Waals surface area contributed by atoms with Crippen LogP contribution in [-0.4, -0.2) is 6.54 Å². The Kier molecular flexibility index (Phi) is 7.31. The highest BCUT2D eigenvalue weighted by Gasteiger charge is 1.86. The number of rotatable bonds is 4.